The standard InChI is InChI=1S/C15H21N3O2/c1-2-9-20-15-5-3-13(4-6-15)10-16-14-11-17-18(12-14)7-8-19/h3-6,11-12,16,19H,2,7-10H2,1H3. The molecular formula is C15H21N3O2. The second kappa shape index (κ2) is 7.55. The minimum atomic E-state index is 0.0976. The highest BCUT2D eigenvalue weighted by Crippen LogP contribution is 2.14. The minimum Gasteiger partial charge on any atom is -0.494 e. The molecule has 0 saturated heterocycles. The summed E-state index contributed by atoms with van der Waals surface area (Å²) in [5, 5.41) is 16.3. The van der Waals surface area contributed by atoms with Gasteiger partial charge in [-0.15, -0.1) is 0 Å². The van der Waals surface area contributed by atoms with Gasteiger partial charge in [0.25, 0.3) is 0 Å². The van der Waals surface area contributed by atoms with Crippen LogP contribution in [-0.4, -0.2) is 28.1 Å². The van der Waals surface area contributed by atoms with Crippen molar-refractivity contribution in [2.45, 2.75) is 26.4 Å². The lowest BCUT2D eigenvalue weighted by molar-refractivity contribution is 0.269. The van der Waals surface area contributed by atoms with E-state index in [2.05, 4.69) is 29.5 Å². The van der Waals surface area contributed by atoms with Crippen molar-refractivity contribution in [3.05, 3.63) is 42.2 Å². The highest BCUT2D eigenvalue weighted by molar-refractivity contribution is 5.39. The topological polar surface area (TPSA) is 59.3 Å². The highest BCUT2D eigenvalue weighted by atomic mass is 16.5. The van der Waals surface area contributed by atoms with Gasteiger partial charge in [-0.2, -0.15) is 5.10 Å². The van der Waals surface area contributed by atoms with E-state index in [4.69, 9.17) is 9.84 Å². The van der Waals surface area contributed by atoms with Gasteiger partial charge in [-0.1, -0.05) is 19.1 Å². The molecule has 2 aromatic rings. The van der Waals surface area contributed by atoms with Gasteiger partial charge in [-0.05, 0) is 24.1 Å². The van der Waals surface area contributed by atoms with E-state index in [0.717, 1.165) is 31.0 Å². The van der Waals surface area contributed by atoms with Crippen molar-refractivity contribution in [1.29, 1.82) is 0 Å². The fraction of sp³-hybridized carbons (Fsp3) is 0.400. The third-order valence-corrected chi connectivity index (χ3v) is 2.86. The SMILES string of the molecule is CCCOc1ccc(CNc2cnn(CCO)c2)cc1. The van der Waals surface area contributed by atoms with Crippen molar-refractivity contribution in [2.75, 3.05) is 18.5 Å². The number of ether oxygens (including phenoxy) is 1. The Hall–Kier alpha value is -2.01. The number of benzene rings is 1. The zero-order chi connectivity index (χ0) is 14.2. The van der Waals surface area contributed by atoms with Crippen LogP contribution in [0, 0.1) is 0 Å². The fourth-order valence-electron chi connectivity index (χ4n) is 1.81. The Morgan fingerprint density at radius 1 is 1.30 bits per heavy atom. The summed E-state index contributed by atoms with van der Waals surface area (Å²) in [5.41, 5.74) is 2.13. The molecule has 0 spiro atoms. The molecule has 0 aliphatic rings. The number of aliphatic hydroxyl groups excluding tert-OH is 1. The van der Waals surface area contributed by atoms with E-state index in [9.17, 15) is 0 Å². The summed E-state index contributed by atoms with van der Waals surface area (Å²) in [4.78, 5) is 0. The predicted molar refractivity (Wildman–Crippen MR) is 78.9 cm³/mol. The maximum atomic E-state index is 8.83. The van der Waals surface area contributed by atoms with E-state index in [-0.39, 0.29) is 6.61 Å². The Morgan fingerprint density at radius 2 is 2.10 bits per heavy atom. The second-order valence-electron chi connectivity index (χ2n) is 4.56. The number of anilines is 1. The zero-order valence-corrected chi connectivity index (χ0v) is 11.7. The Kier molecular flexibility index (Phi) is 5.43. The summed E-state index contributed by atoms with van der Waals surface area (Å²) in [5.74, 6) is 0.909. The van der Waals surface area contributed by atoms with Crippen LogP contribution in [-0.2, 0) is 13.1 Å². The summed E-state index contributed by atoms with van der Waals surface area (Å²) in [6, 6.07) is 8.08. The smallest absolute Gasteiger partial charge is 0.119 e. The lowest BCUT2D eigenvalue weighted by Crippen LogP contribution is -2.02. The van der Waals surface area contributed by atoms with Crippen LogP contribution in [0.3, 0.4) is 0 Å². The Morgan fingerprint density at radius 3 is 2.80 bits per heavy atom. The quantitative estimate of drug-likeness (QED) is 0.776. The first-order chi connectivity index (χ1) is 9.81. The van der Waals surface area contributed by atoms with Crippen LogP contribution in [0.2, 0.25) is 0 Å². The fourth-order valence-corrected chi connectivity index (χ4v) is 1.81. The first-order valence-electron chi connectivity index (χ1n) is 6.90. The number of aromatic nitrogens is 2. The molecule has 2 N–H and O–H groups in total. The summed E-state index contributed by atoms with van der Waals surface area (Å²) in [7, 11) is 0. The van der Waals surface area contributed by atoms with Crippen LogP contribution >= 0.6 is 0 Å². The van der Waals surface area contributed by atoms with Gasteiger partial charge in [0.1, 0.15) is 5.75 Å². The average molecular weight is 275 g/mol. The summed E-state index contributed by atoms with van der Waals surface area (Å²) in [6.07, 6.45) is 4.66. The first-order valence-corrected chi connectivity index (χ1v) is 6.90. The first kappa shape index (κ1) is 14.4. The van der Waals surface area contributed by atoms with Crippen molar-refractivity contribution in [1.82, 2.24) is 9.78 Å². The zero-order valence-electron chi connectivity index (χ0n) is 11.7. The minimum absolute atomic E-state index is 0.0976. The molecule has 108 valence electrons. The molecule has 20 heavy (non-hydrogen) atoms. The lowest BCUT2D eigenvalue weighted by Gasteiger charge is -2.07. The summed E-state index contributed by atoms with van der Waals surface area (Å²) in [6.45, 7) is 4.20. The highest BCUT2D eigenvalue weighted by Gasteiger charge is 1.99. The molecule has 0 fully saturated rings. The molecule has 0 atom stereocenters. The van der Waals surface area contributed by atoms with Crippen LogP contribution in [0.4, 0.5) is 5.69 Å². The second-order valence-corrected chi connectivity index (χ2v) is 4.56. The van der Waals surface area contributed by atoms with E-state index in [0.29, 0.717) is 6.54 Å². The van der Waals surface area contributed by atoms with Gasteiger partial charge in [0.2, 0.25) is 0 Å². The van der Waals surface area contributed by atoms with Crippen molar-refractivity contribution in [3.63, 3.8) is 0 Å². The lowest BCUT2D eigenvalue weighted by atomic mass is 10.2. The summed E-state index contributed by atoms with van der Waals surface area (Å²) < 4.78 is 7.26. The van der Waals surface area contributed by atoms with Crippen LogP contribution in [0.15, 0.2) is 36.7 Å². The number of aliphatic hydroxyl groups is 1. The van der Waals surface area contributed by atoms with Gasteiger partial charge in [0, 0.05) is 12.7 Å². The van der Waals surface area contributed by atoms with Crippen molar-refractivity contribution < 1.29 is 9.84 Å². The van der Waals surface area contributed by atoms with Gasteiger partial charge in [0.05, 0.1) is 31.6 Å². The molecule has 1 aromatic carbocycles. The van der Waals surface area contributed by atoms with Crippen molar-refractivity contribution in [3.8, 4) is 5.75 Å². The molecule has 0 radical (unpaired) electrons. The van der Waals surface area contributed by atoms with Gasteiger partial charge < -0.3 is 15.2 Å². The van der Waals surface area contributed by atoms with E-state index in [1.54, 1.807) is 10.9 Å². The largest absolute Gasteiger partial charge is 0.494 e. The number of nitrogens with zero attached hydrogens (tertiary/aromatic N) is 2. The van der Waals surface area contributed by atoms with Crippen LogP contribution in [0.1, 0.15) is 18.9 Å². The van der Waals surface area contributed by atoms with Crippen LogP contribution in [0.25, 0.3) is 0 Å². The molecule has 2 rings (SSSR count). The molecule has 1 heterocycles. The molecule has 5 heteroatoms. The van der Waals surface area contributed by atoms with E-state index in [1.165, 1.54) is 5.56 Å². The van der Waals surface area contributed by atoms with Crippen LogP contribution in [0.5, 0.6) is 5.75 Å². The van der Waals surface area contributed by atoms with E-state index >= 15 is 0 Å². The predicted octanol–water partition coefficient (Wildman–Crippen LogP) is 2.28. The third kappa shape index (κ3) is 4.28. The molecule has 0 saturated carbocycles. The normalized spacial score (nSPS) is 10.5. The van der Waals surface area contributed by atoms with E-state index < -0.39 is 0 Å². The van der Waals surface area contributed by atoms with Crippen molar-refractivity contribution in [2.24, 2.45) is 0 Å². The molecule has 1 aromatic heterocycles. The molecule has 5 nitrogen and oxygen atoms in total. The number of hydrogen-bond donors (Lipinski definition) is 2. The average Bonchev–Trinajstić information content (AvgIpc) is 2.92. The van der Waals surface area contributed by atoms with Crippen LogP contribution < -0.4 is 10.1 Å². The molecule has 0 unspecified atom stereocenters. The van der Waals surface area contributed by atoms with Gasteiger partial charge in [-0.3, -0.25) is 4.68 Å². The monoisotopic (exact) mass is 275 g/mol. The molecule has 0 bridgehead atoms. The van der Waals surface area contributed by atoms with Gasteiger partial charge in [-0.25, -0.2) is 0 Å². The Labute approximate surface area is 119 Å². The van der Waals surface area contributed by atoms with Gasteiger partial charge >= 0.3 is 0 Å². The molecule has 0 aliphatic carbocycles. The van der Waals surface area contributed by atoms with Gasteiger partial charge in [0.15, 0.2) is 0 Å². The number of hydrogen-bond acceptors (Lipinski definition) is 4. The molecule has 0 amide bonds. The summed E-state index contributed by atoms with van der Waals surface area (Å²) >= 11 is 0. The molecule has 0 aliphatic heterocycles. The maximum absolute atomic E-state index is 8.83. The number of nitrogens with one attached hydrogen (secondary N) is 1. The Balaban J connectivity index is 1.83. The third-order valence-electron chi connectivity index (χ3n) is 2.86. The van der Waals surface area contributed by atoms with E-state index in [1.807, 2.05) is 18.3 Å². The number of rotatable bonds is 8. The molecular weight excluding hydrogens is 254 g/mol. The van der Waals surface area contributed by atoms with Crippen molar-refractivity contribution >= 4 is 5.69 Å². The maximum Gasteiger partial charge on any atom is 0.119 e. The Bertz CT molecular complexity index is 508.